The molecule has 0 aliphatic rings. The van der Waals surface area contributed by atoms with Crippen molar-refractivity contribution in [3.05, 3.63) is 46.7 Å². The van der Waals surface area contributed by atoms with Crippen LogP contribution < -0.4 is 5.32 Å². The maximum atomic E-state index is 3.52. The van der Waals surface area contributed by atoms with E-state index in [1.54, 1.807) is 0 Å². The van der Waals surface area contributed by atoms with Gasteiger partial charge in [0, 0.05) is 17.5 Å². The monoisotopic (exact) mass is 245 g/mol. The number of nitrogens with one attached hydrogen (secondary N) is 1. The van der Waals surface area contributed by atoms with Crippen molar-refractivity contribution < 1.29 is 0 Å². The molecule has 1 atom stereocenters. The minimum absolute atomic E-state index is 0.595. The summed E-state index contributed by atoms with van der Waals surface area (Å²) >= 11 is 1.83. The van der Waals surface area contributed by atoms with Crippen LogP contribution in [0.2, 0.25) is 0 Å². The molecule has 1 aromatic heterocycles. The summed E-state index contributed by atoms with van der Waals surface area (Å²) in [6.45, 7) is 5.42. The van der Waals surface area contributed by atoms with Crippen LogP contribution in [0.1, 0.15) is 25.1 Å². The zero-order chi connectivity index (χ0) is 12.1. The van der Waals surface area contributed by atoms with E-state index in [1.165, 1.54) is 22.4 Å². The molecule has 0 radical (unpaired) electrons. The van der Waals surface area contributed by atoms with Gasteiger partial charge in [-0.2, -0.15) is 0 Å². The molecule has 2 heteroatoms. The fraction of sp³-hybridized carbons (Fsp3) is 0.333. The molecule has 2 aromatic rings. The molecule has 2 rings (SSSR count). The molecule has 1 nitrogen and oxygen atoms in total. The zero-order valence-corrected chi connectivity index (χ0v) is 11.3. The van der Waals surface area contributed by atoms with Crippen molar-refractivity contribution in [2.24, 2.45) is 0 Å². The Morgan fingerprint density at radius 3 is 2.65 bits per heavy atom. The predicted molar refractivity (Wildman–Crippen MR) is 76.3 cm³/mol. The van der Waals surface area contributed by atoms with Gasteiger partial charge in [-0.1, -0.05) is 37.3 Å². The second-order valence-electron chi connectivity index (χ2n) is 4.36. The van der Waals surface area contributed by atoms with Crippen molar-refractivity contribution >= 4 is 11.3 Å². The number of hydrogen-bond donors (Lipinski definition) is 1. The molecule has 0 saturated carbocycles. The van der Waals surface area contributed by atoms with E-state index in [-0.39, 0.29) is 0 Å². The maximum absolute atomic E-state index is 3.52. The molecule has 0 bridgehead atoms. The molecular weight excluding hydrogens is 226 g/mol. The van der Waals surface area contributed by atoms with Crippen molar-refractivity contribution in [2.45, 2.75) is 32.9 Å². The minimum atomic E-state index is 0.595. The summed E-state index contributed by atoms with van der Waals surface area (Å²) in [6.07, 6.45) is 1.18. The maximum Gasteiger partial charge on any atom is 0.0302 e. The lowest BCUT2D eigenvalue weighted by Crippen LogP contribution is -2.23. The highest BCUT2D eigenvalue weighted by molar-refractivity contribution is 7.10. The van der Waals surface area contributed by atoms with Crippen LogP contribution in [-0.2, 0) is 6.54 Å². The second-order valence-corrected chi connectivity index (χ2v) is 5.35. The zero-order valence-electron chi connectivity index (χ0n) is 10.4. The van der Waals surface area contributed by atoms with Gasteiger partial charge in [-0.25, -0.2) is 0 Å². The number of thiophene rings is 1. The van der Waals surface area contributed by atoms with Crippen LogP contribution in [0.4, 0.5) is 0 Å². The van der Waals surface area contributed by atoms with E-state index in [0.717, 1.165) is 6.54 Å². The molecule has 0 aliphatic carbocycles. The molecule has 0 fully saturated rings. The van der Waals surface area contributed by atoms with Gasteiger partial charge in [-0.15, -0.1) is 11.3 Å². The Morgan fingerprint density at radius 1 is 1.18 bits per heavy atom. The van der Waals surface area contributed by atoms with Gasteiger partial charge in [0.1, 0.15) is 0 Å². The lowest BCUT2D eigenvalue weighted by Gasteiger charge is -2.09. The topological polar surface area (TPSA) is 12.0 Å². The summed E-state index contributed by atoms with van der Waals surface area (Å²) in [6, 6.07) is 13.4. The van der Waals surface area contributed by atoms with E-state index in [2.05, 4.69) is 60.9 Å². The Morgan fingerprint density at radius 2 is 1.94 bits per heavy atom. The van der Waals surface area contributed by atoms with Crippen LogP contribution in [0, 0.1) is 0 Å². The molecule has 0 amide bonds. The smallest absolute Gasteiger partial charge is 0.0302 e. The normalized spacial score (nSPS) is 12.6. The summed E-state index contributed by atoms with van der Waals surface area (Å²) < 4.78 is 0. The van der Waals surface area contributed by atoms with Gasteiger partial charge >= 0.3 is 0 Å². The van der Waals surface area contributed by atoms with E-state index < -0.39 is 0 Å². The Balaban J connectivity index is 2.01. The predicted octanol–water partition coefficient (Wildman–Crippen LogP) is 4.30. The SMILES string of the molecule is CCC(C)NCc1cc(-c2ccccc2)cs1. The van der Waals surface area contributed by atoms with Crippen LogP contribution >= 0.6 is 11.3 Å². The van der Waals surface area contributed by atoms with E-state index in [9.17, 15) is 0 Å². The van der Waals surface area contributed by atoms with Gasteiger partial charge in [-0.05, 0) is 35.9 Å². The quantitative estimate of drug-likeness (QED) is 0.828. The minimum Gasteiger partial charge on any atom is -0.309 e. The van der Waals surface area contributed by atoms with Gasteiger partial charge in [0.25, 0.3) is 0 Å². The van der Waals surface area contributed by atoms with E-state index in [1.807, 2.05) is 11.3 Å². The van der Waals surface area contributed by atoms with Crippen LogP contribution in [0.25, 0.3) is 11.1 Å². The van der Waals surface area contributed by atoms with Crippen molar-refractivity contribution in [3.8, 4) is 11.1 Å². The second kappa shape index (κ2) is 5.99. The highest BCUT2D eigenvalue weighted by Gasteiger charge is 2.03. The van der Waals surface area contributed by atoms with E-state index in [0.29, 0.717) is 6.04 Å². The Labute approximate surface area is 108 Å². The standard InChI is InChI=1S/C15H19NS/c1-3-12(2)16-10-15-9-14(11-17-15)13-7-5-4-6-8-13/h4-9,11-12,16H,3,10H2,1-2H3. The van der Waals surface area contributed by atoms with Gasteiger partial charge in [0.15, 0.2) is 0 Å². The third-order valence-electron chi connectivity index (χ3n) is 3.00. The first kappa shape index (κ1) is 12.3. The average molecular weight is 245 g/mol. The summed E-state index contributed by atoms with van der Waals surface area (Å²) in [5, 5.41) is 5.76. The number of hydrogen-bond acceptors (Lipinski definition) is 2. The first-order chi connectivity index (χ1) is 8.29. The Bertz CT molecular complexity index is 447. The van der Waals surface area contributed by atoms with Crippen LogP contribution in [0.3, 0.4) is 0 Å². The Kier molecular flexibility index (Phi) is 4.35. The summed E-state index contributed by atoms with van der Waals surface area (Å²) in [5.74, 6) is 0. The summed E-state index contributed by atoms with van der Waals surface area (Å²) in [7, 11) is 0. The molecule has 1 unspecified atom stereocenters. The molecule has 17 heavy (non-hydrogen) atoms. The molecule has 0 aliphatic heterocycles. The highest BCUT2D eigenvalue weighted by Crippen LogP contribution is 2.25. The lowest BCUT2D eigenvalue weighted by atomic mass is 10.1. The number of rotatable bonds is 5. The Hall–Kier alpha value is -1.12. The average Bonchev–Trinajstić information content (AvgIpc) is 2.86. The first-order valence-corrected chi connectivity index (χ1v) is 7.03. The first-order valence-electron chi connectivity index (χ1n) is 6.16. The largest absolute Gasteiger partial charge is 0.309 e. The number of benzene rings is 1. The third kappa shape index (κ3) is 3.42. The van der Waals surface area contributed by atoms with Crippen molar-refractivity contribution in [1.82, 2.24) is 5.32 Å². The van der Waals surface area contributed by atoms with E-state index in [4.69, 9.17) is 0 Å². The van der Waals surface area contributed by atoms with Crippen LogP contribution in [0.5, 0.6) is 0 Å². The van der Waals surface area contributed by atoms with Crippen molar-refractivity contribution in [2.75, 3.05) is 0 Å². The highest BCUT2D eigenvalue weighted by atomic mass is 32.1. The third-order valence-corrected chi connectivity index (χ3v) is 3.93. The summed E-state index contributed by atoms with van der Waals surface area (Å²) in [5.41, 5.74) is 2.63. The lowest BCUT2D eigenvalue weighted by molar-refractivity contribution is 0.537. The van der Waals surface area contributed by atoms with E-state index >= 15 is 0 Å². The molecule has 90 valence electrons. The molecule has 0 spiro atoms. The molecule has 1 aromatic carbocycles. The molecule has 0 saturated heterocycles. The van der Waals surface area contributed by atoms with Crippen molar-refractivity contribution in [3.63, 3.8) is 0 Å². The van der Waals surface area contributed by atoms with Crippen molar-refractivity contribution in [1.29, 1.82) is 0 Å². The van der Waals surface area contributed by atoms with Gasteiger partial charge < -0.3 is 5.32 Å². The molecule has 1 heterocycles. The molecule has 1 N–H and O–H groups in total. The van der Waals surface area contributed by atoms with Gasteiger partial charge in [-0.3, -0.25) is 0 Å². The fourth-order valence-electron chi connectivity index (χ4n) is 1.67. The van der Waals surface area contributed by atoms with Crippen LogP contribution in [0.15, 0.2) is 41.8 Å². The molecular formula is C15H19NS. The fourth-order valence-corrected chi connectivity index (χ4v) is 2.52. The van der Waals surface area contributed by atoms with Gasteiger partial charge in [0.05, 0.1) is 0 Å². The van der Waals surface area contributed by atoms with Crippen LogP contribution in [-0.4, -0.2) is 6.04 Å². The summed E-state index contributed by atoms with van der Waals surface area (Å²) in [4.78, 5) is 1.41. The van der Waals surface area contributed by atoms with Gasteiger partial charge in [0.2, 0.25) is 0 Å².